The average molecular weight is 388 g/mol. The molecule has 3 rings (SSSR count). The Morgan fingerprint density at radius 3 is 2.69 bits per heavy atom. The third-order valence-electron chi connectivity index (χ3n) is 3.37. The van der Waals surface area contributed by atoms with Crippen LogP contribution in [0.5, 0.6) is 5.75 Å². The number of benzene rings is 2. The molecule has 0 aliphatic heterocycles. The zero-order valence-corrected chi connectivity index (χ0v) is 15.5. The molecule has 6 nitrogen and oxygen atoms in total. The minimum atomic E-state index is -3.43. The molecular weight excluding hydrogens is 372 g/mol. The fraction of sp³-hybridized carbons (Fsp3) is 0.111. The molecular formula is C18H16N2O4S2. The summed E-state index contributed by atoms with van der Waals surface area (Å²) in [5.41, 5.74) is 0.755. The number of methoxy groups -OCH3 is 1. The van der Waals surface area contributed by atoms with Crippen LogP contribution in [0.15, 0.2) is 80.6 Å². The maximum Gasteiger partial charge on any atom is 0.277 e. The van der Waals surface area contributed by atoms with E-state index >= 15 is 0 Å². The fourth-order valence-electron chi connectivity index (χ4n) is 2.11. The second-order valence-corrected chi connectivity index (χ2v) is 7.95. The molecule has 0 aliphatic rings. The van der Waals surface area contributed by atoms with E-state index in [-0.39, 0.29) is 4.90 Å². The molecule has 0 amide bonds. The Morgan fingerprint density at radius 1 is 1.12 bits per heavy atom. The van der Waals surface area contributed by atoms with Crippen LogP contribution in [0.1, 0.15) is 0 Å². The molecule has 0 N–H and O–H groups in total. The molecule has 134 valence electrons. The zero-order chi connectivity index (χ0) is 18.4. The van der Waals surface area contributed by atoms with Gasteiger partial charge >= 0.3 is 0 Å². The highest BCUT2D eigenvalue weighted by atomic mass is 32.2. The summed E-state index contributed by atoms with van der Waals surface area (Å²) in [7, 11) is -1.85. The van der Waals surface area contributed by atoms with Crippen molar-refractivity contribution in [1.29, 1.82) is 0 Å². The fourth-order valence-corrected chi connectivity index (χ4v) is 3.85. The smallest absolute Gasteiger partial charge is 0.277 e. The number of rotatable bonds is 7. The Bertz CT molecular complexity index is 999. The molecule has 0 aliphatic carbocycles. The summed E-state index contributed by atoms with van der Waals surface area (Å²) < 4.78 is 35.0. The predicted octanol–water partition coefficient (Wildman–Crippen LogP) is 3.82. The van der Waals surface area contributed by atoms with Gasteiger partial charge in [-0.1, -0.05) is 42.1 Å². The van der Waals surface area contributed by atoms with E-state index in [2.05, 4.69) is 10.2 Å². The van der Waals surface area contributed by atoms with E-state index in [4.69, 9.17) is 9.15 Å². The van der Waals surface area contributed by atoms with E-state index in [1.54, 1.807) is 49.6 Å². The van der Waals surface area contributed by atoms with Crippen molar-refractivity contribution >= 4 is 21.6 Å². The summed E-state index contributed by atoms with van der Waals surface area (Å²) in [5.74, 6) is 1.47. The monoisotopic (exact) mass is 388 g/mol. The Balaban J connectivity index is 1.62. The first-order chi connectivity index (χ1) is 12.6. The number of ether oxygens (including phenoxy) is 1. The van der Waals surface area contributed by atoms with E-state index in [9.17, 15) is 8.42 Å². The molecule has 26 heavy (non-hydrogen) atoms. The molecule has 3 aromatic rings. The lowest BCUT2D eigenvalue weighted by Crippen LogP contribution is -1.95. The second-order valence-electron chi connectivity index (χ2n) is 5.15. The molecule has 0 fully saturated rings. The van der Waals surface area contributed by atoms with Gasteiger partial charge in [-0.15, -0.1) is 10.2 Å². The SMILES string of the molecule is COc1cccc(-c2nnc(SC/C=C/S(=O)(=O)c3ccccc3)o2)c1. The number of hydrogen-bond acceptors (Lipinski definition) is 7. The van der Waals surface area contributed by atoms with Gasteiger partial charge in [0.1, 0.15) is 5.75 Å². The number of aromatic nitrogens is 2. The predicted molar refractivity (Wildman–Crippen MR) is 99.8 cm³/mol. The molecule has 1 aromatic heterocycles. The van der Waals surface area contributed by atoms with Gasteiger partial charge in [0.2, 0.25) is 5.89 Å². The van der Waals surface area contributed by atoms with E-state index in [0.717, 1.165) is 5.56 Å². The number of sulfone groups is 1. The minimum Gasteiger partial charge on any atom is -0.497 e. The van der Waals surface area contributed by atoms with Gasteiger partial charge in [0, 0.05) is 16.7 Å². The number of hydrogen-bond donors (Lipinski definition) is 0. The molecule has 0 bridgehead atoms. The largest absolute Gasteiger partial charge is 0.497 e. The van der Waals surface area contributed by atoms with E-state index in [1.807, 2.05) is 18.2 Å². The molecule has 0 radical (unpaired) electrons. The van der Waals surface area contributed by atoms with Crippen LogP contribution >= 0.6 is 11.8 Å². The Labute approximate surface area is 155 Å². The lowest BCUT2D eigenvalue weighted by atomic mass is 10.2. The lowest BCUT2D eigenvalue weighted by molar-refractivity contribution is 0.414. The van der Waals surface area contributed by atoms with Crippen molar-refractivity contribution in [2.45, 2.75) is 10.1 Å². The van der Waals surface area contributed by atoms with Gasteiger partial charge in [0.05, 0.1) is 12.0 Å². The van der Waals surface area contributed by atoms with Gasteiger partial charge in [-0.2, -0.15) is 0 Å². The van der Waals surface area contributed by atoms with E-state index in [0.29, 0.717) is 22.6 Å². The van der Waals surface area contributed by atoms with Crippen molar-refractivity contribution < 1.29 is 17.6 Å². The van der Waals surface area contributed by atoms with E-state index < -0.39 is 9.84 Å². The van der Waals surface area contributed by atoms with Gasteiger partial charge in [-0.05, 0) is 30.3 Å². The Morgan fingerprint density at radius 2 is 1.92 bits per heavy atom. The van der Waals surface area contributed by atoms with Gasteiger partial charge in [-0.3, -0.25) is 0 Å². The van der Waals surface area contributed by atoms with Crippen molar-refractivity contribution in [3.63, 3.8) is 0 Å². The van der Waals surface area contributed by atoms with Gasteiger partial charge < -0.3 is 9.15 Å². The van der Waals surface area contributed by atoms with Crippen molar-refractivity contribution in [3.05, 3.63) is 66.1 Å². The number of thioether (sulfide) groups is 1. The maximum atomic E-state index is 12.1. The standard InChI is InChI=1S/C18H16N2O4S2/c1-23-15-8-5-7-14(13-15)17-19-20-18(24-17)25-11-6-12-26(21,22)16-9-3-2-4-10-16/h2-10,12-13H,11H2,1H3/b12-6+. The third-order valence-corrected chi connectivity index (χ3v) is 5.62. The summed E-state index contributed by atoms with van der Waals surface area (Å²) in [5, 5.41) is 9.52. The molecule has 8 heteroatoms. The maximum absolute atomic E-state index is 12.1. The average Bonchev–Trinajstić information content (AvgIpc) is 3.15. The van der Waals surface area contributed by atoms with E-state index in [1.165, 1.54) is 17.2 Å². The normalized spacial score (nSPS) is 11.7. The van der Waals surface area contributed by atoms with Crippen LogP contribution < -0.4 is 4.74 Å². The molecule has 0 saturated carbocycles. The second kappa shape index (κ2) is 8.20. The van der Waals surface area contributed by atoms with Crippen LogP contribution in [-0.4, -0.2) is 31.5 Å². The first-order valence-electron chi connectivity index (χ1n) is 7.66. The van der Waals surface area contributed by atoms with Crippen molar-refractivity contribution in [2.24, 2.45) is 0 Å². The van der Waals surface area contributed by atoms with Crippen LogP contribution in [-0.2, 0) is 9.84 Å². The Kier molecular flexibility index (Phi) is 5.75. The van der Waals surface area contributed by atoms with Gasteiger partial charge in [-0.25, -0.2) is 8.42 Å². The summed E-state index contributed by atoms with van der Waals surface area (Å²) in [6.45, 7) is 0. The molecule has 0 unspecified atom stereocenters. The van der Waals surface area contributed by atoms with Crippen molar-refractivity contribution in [2.75, 3.05) is 12.9 Å². The Hall–Kier alpha value is -2.58. The van der Waals surface area contributed by atoms with Crippen LogP contribution in [0.2, 0.25) is 0 Å². The quantitative estimate of drug-likeness (QED) is 0.569. The molecule has 0 atom stereocenters. The third kappa shape index (κ3) is 4.53. The first-order valence-corrected chi connectivity index (χ1v) is 10.2. The van der Waals surface area contributed by atoms with Crippen LogP contribution in [0.3, 0.4) is 0 Å². The molecule has 0 spiro atoms. The van der Waals surface area contributed by atoms with Crippen LogP contribution in [0, 0.1) is 0 Å². The van der Waals surface area contributed by atoms with Crippen molar-refractivity contribution in [3.8, 4) is 17.2 Å². The van der Waals surface area contributed by atoms with Crippen LogP contribution in [0.4, 0.5) is 0 Å². The molecule has 1 heterocycles. The van der Waals surface area contributed by atoms with Crippen LogP contribution in [0.25, 0.3) is 11.5 Å². The zero-order valence-electron chi connectivity index (χ0n) is 13.9. The molecule has 0 saturated heterocycles. The summed E-state index contributed by atoms with van der Waals surface area (Å²) in [6, 6.07) is 15.6. The highest BCUT2D eigenvalue weighted by molar-refractivity contribution is 7.99. The highest BCUT2D eigenvalue weighted by Gasteiger charge is 2.11. The molecule has 2 aromatic carbocycles. The van der Waals surface area contributed by atoms with Crippen molar-refractivity contribution in [1.82, 2.24) is 10.2 Å². The number of nitrogens with zero attached hydrogens (tertiary/aromatic N) is 2. The summed E-state index contributed by atoms with van der Waals surface area (Å²) in [4.78, 5) is 0.263. The summed E-state index contributed by atoms with van der Waals surface area (Å²) >= 11 is 1.26. The van der Waals surface area contributed by atoms with Gasteiger partial charge in [0.15, 0.2) is 9.84 Å². The minimum absolute atomic E-state index is 0.263. The summed E-state index contributed by atoms with van der Waals surface area (Å²) in [6.07, 6.45) is 1.56. The topological polar surface area (TPSA) is 82.3 Å². The van der Waals surface area contributed by atoms with Gasteiger partial charge in [0.25, 0.3) is 5.22 Å². The lowest BCUT2D eigenvalue weighted by Gasteiger charge is -2.00. The highest BCUT2D eigenvalue weighted by Crippen LogP contribution is 2.26. The first kappa shape index (κ1) is 18.2.